The molecule has 1 atom stereocenters. The second-order valence-corrected chi connectivity index (χ2v) is 8.41. The third kappa shape index (κ3) is 4.64. The number of carbonyl (C=O) groups excluding carboxylic acids is 2. The summed E-state index contributed by atoms with van der Waals surface area (Å²) in [6.07, 6.45) is 0.119. The SMILES string of the molecule is Cc1cccc(NC(=O)C[C@H]2SC(=Nc3ccc(I)cc3)N(C)C2=O)c1. The van der Waals surface area contributed by atoms with Crippen LogP contribution in [0.4, 0.5) is 11.4 Å². The summed E-state index contributed by atoms with van der Waals surface area (Å²) in [5.41, 5.74) is 2.60. The molecule has 26 heavy (non-hydrogen) atoms. The molecule has 134 valence electrons. The summed E-state index contributed by atoms with van der Waals surface area (Å²) in [5.74, 6) is -0.274. The number of aryl methyl sites for hydroxylation is 1. The Balaban J connectivity index is 1.66. The van der Waals surface area contributed by atoms with Gasteiger partial charge in [-0.25, -0.2) is 4.99 Å². The molecule has 2 aromatic rings. The van der Waals surface area contributed by atoms with Gasteiger partial charge in [0.15, 0.2) is 5.17 Å². The standard InChI is InChI=1S/C19H18IN3O2S/c1-12-4-3-5-15(10-12)21-17(24)11-16-18(25)23(2)19(26-16)22-14-8-6-13(20)7-9-14/h3-10,16H,11H2,1-2H3,(H,21,24)/t16-/m1/s1. The number of amides is 2. The molecule has 1 N–H and O–H groups in total. The zero-order valence-electron chi connectivity index (χ0n) is 14.4. The molecule has 5 nitrogen and oxygen atoms in total. The van der Waals surface area contributed by atoms with Gasteiger partial charge < -0.3 is 5.32 Å². The Morgan fingerprint density at radius 2 is 2.00 bits per heavy atom. The van der Waals surface area contributed by atoms with Crippen molar-refractivity contribution in [1.29, 1.82) is 0 Å². The van der Waals surface area contributed by atoms with Gasteiger partial charge in [-0.2, -0.15) is 0 Å². The average Bonchev–Trinajstić information content (AvgIpc) is 2.85. The molecule has 1 aliphatic rings. The highest BCUT2D eigenvalue weighted by molar-refractivity contribution is 14.1. The normalized spacial score (nSPS) is 18.4. The zero-order chi connectivity index (χ0) is 18.7. The maximum atomic E-state index is 12.4. The third-order valence-corrected chi connectivity index (χ3v) is 5.81. The third-order valence-electron chi connectivity index (χ3n) is 3.86. The Labute approximate surface area is 170 Å². The summed E-state index contributed by atoms with van der Waals surface area (Å²) in [4.78, 5) is 30.8. The van der Waals surface area contributed by atoms with Crippen LogP contribution in [-0.2, 0) is 9.59 Å². The van der Waals surface area contributed by atoms with Crippen molar-refractivity contribution in [2.75, 3.05) is 12.4 Å². The van der Waals surface area contributed by atoms with Gasteiger partial charge in [-0.15, -0.1) is 0 Å². The first-order valence-corrected chi connectivity index (χ1v) is 10.0. The van der Waals surface area contributed by atoms with Crippen LogP contribution in [0, 0.1) is 10.5 Å². The van der Waals surface area contributed by atoms with Crippen molar-refractivity contribution >= 4 is 62.7 Å². The molecule has 7 heteroatoms. The number of amidine groups is 1. The molecule has 3 rings (SSSR count). The zero-order valence-corrected chi connectivity index (χ0v) is 17.4. The maximum Gasteiger partial charge on any atom is 0.242 e. The minimum Gasteiger partial charge on any atom is -0.326 e. The van der Waals surface area contributed by atoms with E-state index >= 15 is 0 Å². The van der Waals surface area contributed by atoms with E-state index in [0.29, 0.717) is 5.17 Å². The number of thioether (sulfide) groups is 1. The Bertz CT molecular complexity index is 867. The maximum absolute atomic E-state index is 12.4. The van der Waals surface area contributed by atoms with Crippen LogP contribution < -0.4 is 5.32 Å². The van der Waals surface area contributed by atoms with Gasteiger partial charge in [0.1, 0.15) is 5.25 Å². The van der Waals surface area contributed by atoms with Crippen LogP contribution >= 0.6 is 34.4 Å². The minimum atomic E-state index is -0.451. The van der Waals surface area contributed by atoms with Crippen molar-refractivity contribution in [3.05, 3.63) is 57.7 Å². The quantitative estimate of drug-likeness (QED) is 0.670. The van der Waals surface area contributed by atoms with Crippen LogP contribution in [0.2, 0.25) is 0 Å². The van der Waals surface area contributed by atoms with E-state index < -0.39 is 5.25 Å². The lowest BCUT2D eigenvalue weighted by atomic mass is 10.2. The number of hydrogen-bond donors (Lipinski definition) is 1. The number of rotatable bonds is 4. The highest BCUT2D eigenvalue weighted by Gasteiger charge is 2.36. The lowest BCUT2D eigenvalue weighted by molar-refractivity contribution is -0.127. The largest absolute Gasteiger partial charge is 0.326 e. The number of benzene rings is 2. The minimum absolute atomic E-state index is 0.0985. The molecule has 0 aromatic heterocycles. The number of anilines is 1. The Morgan fingerprint density at radius 1 is 1.27 bits per heavy atom. The topological polar surface area (TPSA) is 61.8 Å². The van der Waals surface area contributed by atoms with E-state index in [9.17, 15) is 9.59 Å². The van der Waals surface area contributed by atoms with Crippen molar-refractivity contribution in [3.8, 4) is 0 Å². The van der Waals surface area contributed by atoms with Crippen LogP contribution in [0.3, 0.4) is 0 Å². The van der Waals surface area contributed by atoms with Gasteiger partial charge >= 0.3 is 0 Å². The number of aliphatic imine (C=N–C) groups is 1. The molecule has 0 spiro atoms. The molecule has 1 fully saturated rings. The van der Waals surface area contributed by atoms with E-state index in [4.69, 9.17) is 0 Å². The first-order chi connectivity index (χ1) is 12.4. The fourth-order valence-corrected chi connectivity index (χ4v) is 4.04. The van der Waals surface area contributed by atoms with E-state index in [2.05, 4.69) is 32.9 Å². The molecule has 2 amide bonds. The monoisotopic (exact) mass is 479 g/mol. The lowest BCUT2D eigenvalue weighted by Crippen LogP contribution is -2.30. The lowest BCUT2D eigenvalue weighted by Gasteiger charge is -2.09. The predicted molar refractivity (Wildman–Crippen MR) is 115 cm³/mol. The molecule has 1 heterocycles. The number of carbonyl (C=O) groups is 2. The Hall–Kier alpha value is -1.87. The molecule has 1 saturated heterocycles. The molecule has 0 bridgehead atoms. The molecular formula is C19H18IN3O2S. The summed E-state index contributed by atoms with van der Waals surface area (Å²) in [7, 11) is 1.69. The number of halogens is 1. The van der Waals surface area contributed by atoms with Crippen LogP contribution in [0.5, 0.6) is 0 Å². The van der Waals surface area contributed by atoms with Crippen molar-refractivity contribution in [2.24, 2.45) is 4.99 Å². The van der Waals surface area contributed by atoms with Crippen molar-refractivity contribution in [3.63, 3.8) is 0 Å². The summed E-state index contributed by atoms with van der Waals surface area (Å²) in [6.45, 7) is 1.97. The number of nitrogens with zero attached hydrogens (tertiary/aromatic N) is 2. The Morgan fingerprint density at radius 3 is 2.69 bits per heavy atom. The molecular weight excluding hydrogens is 461 g/mol. The highest BCUT2D eigenvalue weighted by atomic mass is 127. The number of hydrogen-bond acceptors (Lipinski definition) is 4. The molecule has 1 aliphatic heterocycles. The van der Waals surface area contributed by atoms with Crippen LogP contribution in [0.1, 0.15) is 12.0 Å². The summed E-state index contributed by atoms with van der Waals surface area (Å²) in [6, 6.07) is 15.3. The first-order valence-electron chi connectivity index (χ1n) is 8.07. The fraction of sp³-hybridized carbons (Fsp3) is 0.211. The Kier molecular flexibility index (Phi) is 5.98. The van der Waals surface area contributed by atoms with Crippen molar-refractivity contribution in [2.45, 2.75) is 18.6 Å². The van der Waals surface area contributed by atoms with Crippen LogP contribution in [-0.4, -0.2) is 34.2 Å². The molecule has 0 unspecified atom stereocenters. The highest BCUT2D eigenvalue weighted by Crippen LogP contribution is 2.31. The predicted octanol–water partition coefficient (Wildman–Crippen LogP) is 4.19. The first kappa shape index (κ1) is 18.9. The number of nitrogens with one attached hydrogen (secondary N) is 1. The van der Waals surface area contributed by atoms with Gasteiger partial charge in [-0.3, -0.25) is 14.5 Å². The molecule has 0 saturated carbocycles. The van der Waals surface area contributed by atoms with E-state index in [1.807, 2.05) is 55.5 Å². The van der Waals surface area contributed by atoms with Crippen molar-refractivity contribution in [1.82, 2.24) is 4.90 Å². The fourth-order valence-electron chi connectivity index (χ4n) is 2.53. The van der Waals surface area contributed by atoms with Gasteiger partial charge in [-0.1, -0.05) is 23.9 Å². The van der Waals surface area contributed by atoms with E-state index in [1.165, 1.54) is 16.7 Å². The van der Waals surface area contributed by atoms with Crippen LogP contribution in [0.15, 0.2) is 53.5 Å². The average molecular weight is 479 g/mol. The van der Waals surface area contributed by atoms with Gasteiger partial charge in [0.25, 0.3) is 0 Å². The van der Waals surface area contributed by atoms with E-state index in [-0.39, 0.29) is 18.2 Å². The molecule has 2 aromatic carbocycles. The second kappa shape index (κ2) is 8.22. The molecule has 0 radical (unpaired) electrons. The summed E-state index contributed by atoms with van der Waals surface area (Å²) < 4.78 is 1.13. The van der Waals surface area contributed by atoms with Crippen LogP contribution in [0.25, 0.3) is 0 Å². The smallest absolute Gasteiger partial charge is 0.242 e. The molecule has 0 aliphatic carbocycles. The van der Waals surface area contributed by atoms with Crippen molar-refractivity contribution < 1.29 is 9.59 Å². The van der Waals surface area contributed by atoms with E-state index in [1.54, 1.807) is 7.05 Å². The van der Waals surface area contributed by atoms with E-state index in [0.717, 1.165) is 20.5 Å². The summed E-state index contributed by atoms with van der Waals surface area (Å²) >= 11 is 3.56. The van der Waals surface area contributed by atoms with Gasteiger partial charge in [0.2, 0.25) is 11.8 Å². The van der Waals surface area contributed by atoms with Gasteiger partial charge in [-0.05, 0) is 71.5 Å². The summed E-state index contributed by atoms with van der Waals surface area (Å²) in [5, 5.41) is 3.02. The van der Waals surface area contributed by atoms with Gasteiger partial charge in [0.05, 0.1) is 5.69 Å². The van der Waals surface area contributed by atoms with Gasteiger partial charge in [0, 0.05) is 22.7 Å². The second-order valence-electron chi connectivity index (χ2n) is 6.00.